The third-order valence-electron chi connectivity index (χ3n) is 2.31. The summed E-state index contributed by atoms with van der Waals surface area (Å²) in [4.78, 5) is 11.1. The van der Waals surface area contributed by atoms with Crippen molar-refractivity contribution in [1.82, 2.24) is 0 Å². The second kappa shape index (κ2) is 4.37. The Hall–Kier alpha value is -1.80. The molecular weight excluding hydrogens is 224 g/mol. The second-order valence-corrected chi connectivity index (χ2v) is 3.74. The van der Waals surface area contributed by atoms with Crippen LogP contribution in [-0.4, -0.2) is 11.1 Å². The van der Waals surface area contributed by atoms with Gasteiger partial charge in [-0.05, 0) is 17.2 Å². The summed E-state index contributed by atoms with van der Waals surface area (Å²) < 4.78 is 0. The Labute approximate surface area is 98.1 Å². The minimum absolute atomic E-state index is 0.148. The van der Waals surface area contributed by atoms with Crippen LogP contribution in [0.1, 0.15) is 10.4 Å². The van der Waals surface area contributed by atoms with Crippen LogP contribution >= 0.6 is 11.6 Å². The lowest BCUT2D eigenvalue weighted by atomic mass is 10.00. The number of aromatic carboxylic acids is 1. The van der Waals surface area contributed by atoms with Gasteiger partial charge in [0.1, 0.15) is 0 Å². The van der Waals surface area contributed by atoms with Crippen molar-refractivity contribution in [2.75, 3.05) is 0 Å². The summed E-state index contributed by atoms with van der Waals surface area (Å²) in [6.07, 6.45) is 0. The Balaban J connectivity index is 2.66. The van der Waals surface area contributed by atoms with Crippen molar-refractivity contribution >= 4 is 17.6 Å². The highest BCUT2D eigenvalue weighted by Gasteiger charge is 2.14. The van der Waals surface area contributed by atoms with Crippen molar-refractivity contribution in [2.45, 2.75) is 0 Å². The normalized spacial score (nSPS) is 10.1. The Kier molecular flexibility index (Phi) is 2.93. The quantitative estimate of drug-likeness (QED) is 0.857. The molecule has 3 heteroatoms. The van der Waals surface area contributed by atoms with Crippen molar-refractivity contribution in [2.24, 2.45) is 0 Å². The van der Waals surface area contributed by atoms with Crippen LogP contribution in [0.5, 0.6) is 0 Å². The van der Waals surface area contributed by atoms with E-state index < -0.39 is 5.97 Å². The molecule has 1 N–H and O–H groups in total. The highest BCUT2D eigenvalue weighted by molar-refractivity contribution is 6.34. The third kappa shape index (κ3) is 1.92. The molecule has 0 fully saturated rings. The molecule has 0 unspecified atom stereocenters. The van der Waals surface area contributed by atoms with Gasteiger partial charge in [-0.15, -0.1) is 0 Å². The van der Waals surface area contributed by atoms with Crippen LogP contribution in [0.3, 0.4) is 0 Å². The van der Waals surface area contributed by atoms with Crippen LogP contribution in [0.2, 0.25) is 5.02 Å². The largest absolute Gasteiger partial charge is 0.478 e. The zero-order valence-electron chi connectivity index (χ0n) is 8.35. The molecule has 16 heavy (non-hydrogen) atoms. The SMILES string of the molecule is O=C(O)c1c(Cl)cccc1-c1ccccc1. The summed E-state index contributed by atoms with van der Waals surface area (Å²) in [7, 11) is 0. The van der Waals surface area contributed by atoms with Gasteiger partial charge in [-0.1, -0.05) is 54.1 Å². The van der Waals surface area contributed by atoms with Gasteiger partial charge in [0.25, 0.3) is 0 Å². The molecule has 2 rings (SSSR count). The van der Waals surface area contributed by atoms with Crippen LogP contribution in [0.15, 0.2) is 48.5 Å². The maximum atomic E-state index is 11.1. The molecule has 2 aromatic rings. The average Bonchev–Trinajstić information content (AvgIpc) is 2.29. The zero-order valence-corrected chi connectivity index (χ0v) is 9.11. The summed E-state index contributed by atoms with van der Waals surface area (Å²) >= 11 is 5.89. The van der Waals surface area contributed by atoms with E-state index >= 15 is 0 Å². The van der Waals surface area contributed by atoms with Crippen molar-refractivity contribution < 1.29 is 9.90 Å². The number of hydrogen-bond donors (Lipinski definition) is 1. The topological polar surface area (TPSA) is 37.3 Å². The minimum Gasteiger partial charge on any atom is -0.478 e. The molecule has 0 heterocycles. The molecule has 2 aromatic carbocycles. The van der Waals surface area contributed by atoms with Gasteiger partial charge >= 0.3 is 5.97 Å². The molecule has 0 saturated heterocycles. The smallest absolute Gasteiger partial charge is 0.337 e. The molecule has 2 nitrogen and oxygen atoms in total. The summed E-state index contributed by atoms with van der Waals surface area (Å²) in [6.45, 7) is 0. The minimum atomic E-state index is -1.01. The van der Waals surface area contributed by atoms with Crippen molar-refractivity contribution in [3.8, 4) is 11.1 Å². The van der Waals surface area contributed by atoms with Gasteiger partial charge in [0.05, 0.1) is 10.6 Å². The van der Waals surface area contributed by atoms with E-state index in [2.05, 4.69) is 0 Å². The molecule has 0 aliphatic rings. The van der Waals surface area contributed by atoms with E-state index in [4.69, 9.17) is 16.7 Å². The predicted octanol–water partition coefficient (Wildman–Crippen LogP) is 3.71. The fourth-order valence-corrected chi connectivity index (χ4v) is 1.86. The summed E-state index contributed by atoms with van der Waals surface area (Å²) in [5.41, 5.74) is 1.64. The molecule has 0 radical (unpaired) electrons. The van der Waals surface area contributed by atoms with E-state index in [1.165, 1.54) is 0 Å². The summed E-state index contributed by atoms with van der Waals surface area (Å²) in [5, 5.41) is 9.38. The Morgan fingerprint density at radius 3 is 2.31 bits per heavy atom. The number of rotatable bonds is 2. The summed E-state index contributed by atoms with van der Waals surface area (Å²) in [5.74, 6) is -1.01. The van der Waals surface area contributed by atoms with Crippen LogP contribution in [0.4, 0.5) is 0 Å². The van der Waals surface area contributed by atoms with Crippen LogP contribution in [0.25, 0.3) is 11.1 Å². The Morgan fingerprint density at radius 2 is 1.69 bits per heavy atom. The van der Waals surface area contributed by atoms with Gasteiger partial charge in [0.15, 0.2) is 0 Å². The fourth-order valence-electron chi connectivity index (χ4n) is 1.60. The van der Waals surface area contributed by atoms with Gasteiger partial charge in [0.2, 0.25) is 0 Å². The molecule has 0 spiro atoms. The van der Waals surface area contributed by atoms with Gasteiger partial charge in [-0.25, -0.2) is 4.79 Å². The molecular formula is C13H9ClO2. The van der Waals surface area contributed by atoms with Gasteiger partial charge < -0.3 is 5.11 Å². The second-order valence-electron chi connectivity index (χ2n) is 3.33. The number of halogens is 1. The third-order valence-corrected chi connectivity index (χ3v) is 2.63. The van der Waals surface area contributed by atoms with E-state index in [1.807, 2.05) is 30.3 Å². The lowest BCUT2D eigenvalue weighted by molar-refractivity contribution is 0.0698. The van der Waals surface area contributed by atoms with Gasteiger partial charge in [0, 0.05) is 0 Å². The Bertz CT molecular complexity index is 521. The first kappa shape index (κ1) is 10.7. The van der Waals surface area contributed by atoms with Crippen molar-refractivity contribution in [3.05, 3.63) is 59.1 Å². The average molecular weight is 233 g/mol. The van der Waals surface area contributed by atoms with E-state index in [-0.39, 0.29) is 10.6 Å². The number of benzene rings is 2. The molecule has 80 valence electrons. The number of hydrogen-bond acceptors (Lipinski definition) is 1. The Morgan fingerprint density at radius 1 is 1.00 bits per heavy atom. The number of carbonyl (C=O) groups is 1. The molecule has 0 aliphatic carbocycles. The number of carboxylic acids is 1. The fraction of sp³-hybridized carbons (Fsp3) is 0. The molecule has 0 aliphatic heterocycles. The van der Waals surface area contributed by atoms with Crippen molar-refractivity contribution in [3.63, 3.8) is 0 Å². The molecule has 0 atom stereocenters. The predicted molar refractivity (Wildman–Crippen MR) is 63.8 cm³/mol. The number of carboxylic acid groups (broad SMARTS) is 1. The van der Waals surface area contributed by atoms with Crippen LogP contribution < -0.4 is 0 Å². The first-order chi connectivity index (χ1) is 7.70. The first-order valence-electron chi connectivity index (χ1n) is 4.77. The van der Waals surface area contributed by atoms with Crippen molar-refractivity contribution in [1.29, 1.82) is 0 Å². The molecule has 0 aromatic heterocycles. The van der Waals surface area contributed by atoms with Crippen LogP contribution in [-0.2, 0) is 0 Å². The standard InChI is InChI=1S/C13H9ClO2/c14-11-8-4-7-10(12(11)13(15)16)9-5-2-1-3-6-9/h1-8H,(H,15,16). The van der Waals surface area contributed by atoms with Gasteiger partial charge in [-0.3, -0.25) is 0 Å². The van der Waals surface area contributed by atoms with Gasteiger partial charge in [-0.2, -0.15) is 0 Å². The van der Waals surface area contributed by atoms with E-state index in [0.717, 1.165) is 5.56 Å². The van der Waals surface area contributed by atoms with E-state index in [9.17, 15) is 4.79 Å². The highest BCUT2D eigenvalue weighted by atomic mass is 35.5. The monoisotopic (exact) mass is 232 g/mol. The maximum absolute atomic E-state index is 11.1. The summed E-state index contributed by atoms with van der Waals surface area (Å²) in [6, 6.07) is 14.4. The molecule has 0 saturated carbocycles. The van der Waals surface area contributed by atoms with Crippen LogP contribution in [0, 0.1) is 0 Å². The zero-order chi connectivity index (χ0) is 11.5. The van der Waals surface area contributed by atoms with E-state index in [1.54, 1.807) is 18.2 Å². The lowest BCUT2D eigenvalue weighted by Gasteiger charge is -2.07. The lowest BCUT2D eigenvalue weighted by Crippen LogP contribution is -2.00. The molecule has 0 amide bonds. The highest BCUT2D eigenvalue weighted by Crippen LogP contribution is 2.28. The molecule has 0 bridgehead atoms. The first-order valence-corrected chi connectivity index (χ1v) is 5.15. The maximum Gasteiger partial charge on any atom is 0.337 e. The van der Waals surface area contributed by atoms with E-state index in [0.29, 0.717) is 5.56 Å².